The fraction of sp³-hybridized carbons (Fsp3) is 0.364. The number of sulfone groups is 3. The Bertz CT molecular complexity index is 4140. The first-order valence-corrected chi connectivity index (χ1v) is 37.0. The highest BCUT2D eigenvalue weighted by Crippen LogP contribution is 2.41. The predicted molar refractivity (Wildman–Crippen MR) is 366 cm³/mol. The minimum Gasteiger partial charge on any atom is -0.491 e. The number of hydrogen-bond acceptors (Lipinski definition) is 27. The average molecular weight is 1470 g/mol. The molecule has 36 heteroatoms. The molecule has 0 spiro atoms. The Hall–Kier alpha value is -10.5. The van der Waals surface area contributed by atoms with Crippen LogP contribution in [0.4, 0.5) is 17.1 Å². The summed E-state index contributed by atoms with van der Waals surface area (Å²) in [6, 6.07) is 18.6. The first kappa shape index (κ1) is 78.8. The molecular weight excluding hydrogens is 1400 g/mol. The summed E-state index contributed by atoms with van der Waals surface area (Å²) in [6.45, 7) is 5.28. The Morgan fingerprint density at radius 2 is 0.627 bits per heavy atom. The Labute approximate surface area is 587 Å². The van der Waals surface area contributed by atoms with E-state index in [-0.39, 0.29) is 125 Å². The third kappa shape index (κ3) is 18.7. The second-order valence-corrected chi connectivity index (χ2v) is 29.0. The molecular formula is C66H75N9O24S3. The number of pyridine rings is 3. The topological polar surface area (TPSA) is 424 Å². The molecule has 0 bridgehead atoms. The molecule has 6 heterocycles. The van der Waals surface area contributed by atoms with Gasteiger partial charge < -0.3 is 58.6 Å². The number of carbonyl (C=O) groups is 9. The number of nitrogens with zero attached hydrogens (tertiary/aromatic N) is 6. The van der Waals surface area contributed by atoms with Crippen LogP contribution in [0.2, 0.25) is 0 Å². The predicted octanol–water partition coefficient (Wildman–Crippen LogP) is 4.37. The van der Waals surface area contributed by atoms with Crippen LogP contribution >= 0.6 is 0 Å². The van der Waals surface area contributed by atoms with E-state index in [0.717, 1.165) is 33.5 Å². The zero-order valence-corrected chi connectivity index (χ0v) is 59.9. The molecule has 3 atom stereocenters. The Morgan fingerprint density at radius 1 is 0.382 bits per heavy atom. The van der Waals surface area contributed by atoms with E-state index in [0.29, 0.717) is 17.2 Å². The smallest absolute Gasteiger partial charge is 0.264 e. The van der Waals surface area contributed by atoms with Crippen molar-refractivity contribution in [1.29, 1.82) is 0 Å². The Morgan fingerprint density at radius 3 is 0.833 bits per heavy atom. The second-order valence-electron chi connectivity index (χ2n) is 22.4. The van der Waals surface area contributed by atoms with Crippen molar-refractivity contribution in [3.05, 3.63) is 141 Å². The van der Waals surface area contributed by atoms with E-state index in [1.807, 2.05) is 0 Å². The highest BCUT2D eigenvalue weighted by Gasteiger charge is 2.47. The third-order valence-electron chi connectivity index (χ3n) is 14.9. The highest BCUT2D eigenvalue weighted by atomic mass is 32.2. The van der Waals surface area contributed by atoms with Crippen molar-refractivity contribution in [2.45, 2.75) is 38.9 Å². The number of nitrogens with one attached hydrogen (secondary N) is 3. The number of carbonyl (C=O) groups excluding carboxylic acids is 9. The van der Waals surface area contributed by atoms with Gasteiger partial charge in [0.1, 0.15) is 49.3 Å². The Balaban J connectivity index is 0.000000214. The molecule has 0 aliphatic carbocycles. The molecule has 0 fully saturated rings. The number of amides is 9. The van der Waals surface area contributed by atoms with Gasteiger partial charge in [-0.3, -0.25) is 57.9 Å². The summed E-state index contributed by atoms with van der Waals surface area (Å²) < 4.78 is 120. The molecule has 9 rings (SSSR count). The van der Waals surface area contributed by atoms with Gasteiger partial charge in [0.05, 0.1) is 144 Å². The van der Waals surface area contributed by atoms with Gasteiger partial charge in [0.25, 0.3) is 53.1 Å². The van der Waals surface area contributed by atoms with E-state index in [4.69, 9.17) is 42.6 Å². The van der Waals surface area contributed by atoms with E-state index in [2.05, 4.69) is 30.9 Å². The molecule has 33 nitrogen and oxygen atoms in total. The lowest BCUT2D eigenvalue weighted by molar-refractivity contribution is -0.120. The van der Waals surface area contributed by atoms with Gasteiger partial charge in [0, 0.05) is 40.1 Å². The molecule has 1 unspecified atom stereocenters. The monoisotopic (exact) mass is 1470 g/mol. The molecule has 3 N–H and O–H groups in total. The lowest BCUT2D eigenvalue weighted by Crippen LogP contribution is -2.38. The largest absolute Gasteiger partial charge is 0.491 e. The fourth-order valence-electron chi connectivity index (χ4n) is 10.8. The van der Waals surface area contributed by atoms with E-state index >= 15 is 0 Å². The zero-order chi connectivity index (χ0) is 75.1. The lowest BCUT2D eigenvalue weighted by atomic mass is 10.1. The summed E-state index contributed by atoms with van der Waals surface area (Å²) in [5.41, 5.74) is 0.782. The fourth-order valence-corrected chi connectivity index (χ4v) is 13.5. The van der Waals surface area contributed by atoms with E-state index in [1.165, 1.54) is 134 Å². The van der Waals surface area contributed by atoms with Crippen LogP contribution < -0.4 is 44.4 Å². The van der Waals surface area contributed by atoms with Gasteiger partial charge in [-0.05, 0) is 93.6 Å². The van der Waals surface area contributed by atoms with Gasteiger partial charge >= 0.3 is 0 Å². The number of imide groups is 3. The molecule has 102 heavy (non-hydrogen) atoms. The number of rotatable bonds is 30. The maximum absolute atomic E-state index is 13.4. The maximum Gasteiger partial charge on any atom is 0.264 e. The molecule has 0 radical (unpaired) electrons. The van der Waals surface area contributed by atoms with Crippen LogP contribution in [-0.2, 0) is 58.1 Å². The van der Waals surface area contributed by atoms with Crippen LogP contribution in [0.3, 0.4) is 0 Å². The van der Waals surface area contributed by atoms with Gasteiger partial charge in [-0.2, -0.15) is 0 Å². The number of hydrogen-bond donors (Lipinski definition) is 3. The third-order valence-corrected chi connectivity index (χ3v) is 17.6. The summed E-state index contributed by atoms with van der Waals surface area (Å²) in [5.74, 6) is -6.34. The van der Waals surface area contributed by atoms with Crippen molar-refractivity contribution >= 4 is 99.7 Å². The van der Waals surface area contributed by atoms with Crippen molar-refractivity contribution in [2.75, 3.05) is 134 Å². The average Bonchev–Trinajstić information content (AvgIpc) is 1.61. The van der Waals surface area contributed by atoms with Gasteiger partial charge in [0.15, 0.2) is 17.2 Å². The van der Waals surface area contributed by atoms with Crippen molar-refractivity contribution in [3.8, 4) is 34.9 Å². The highest BCUT2D eigenvalue weighted by molar-refractivity contribution is 7.91. The minimum atomic E-state index is -3.66. The lowest BCUT2D eigenvalue weighted by Gasteiger charge is -2.26. The number of aromatic nitrogens is 3. The molecule has 3 aliphatic rings. The van der Waals surface area contributed by atoms with Crippen LogP contribution in [0.5, 0.6) is 34.9 Å². The number of ether oxygens (including phenoxy) is 9. The van der Waals surface area contributed by atoms with E-state index < -0.39 is 118 Å². The number of fused-ring (bicyclic) bond motifs is 3. The number of methoxy groups -OCH3 is 6. The Kier molecular flexibility index (Phi) is 26.4. The molecule has 3 aromatic heterocycles. The summed E-state index contributed by atoms with van der Waals surface area (Å²) in [6.07, 6.45) is 3.00. The van der Waals surface area contributed by atoms with Gasteiger partial charge in [0.2, 0.25) is 17.7 Å². The van der Waals surface area contributed by atoms with Gasteiger partial charge in [-0.1, -0.05) is 18.2 Å². The van der Waals surface area contributed by atoms with Crippen LogP contribution in [0.15, 0.2) is 91.0 Å². The molecule has 0 saturated carbocycles. The number of anilines is 3. The van der Waals surface area contributed by atoms with E-state index in [9.17, 15) is 68.4 Å². The van der Waals surface area contributed by atoms with Crippen LogP contribution in [0.25, 0.3) is 0 Å². The molecule has 3 aromatic carbocycles. The zero-order valence-electron chi connectivity index (χ0n) is 57.5. The van der Waals surface area contributed by atoms with Gasteiger partial charge in [-0.15, -0.1) is 0 Å². The van der Waals surface area contributed by atoms with E-state index in [1.54, 1.807) is 20.8 Å². The summed E-state index contributed by atoms with van der Waals surface area (Å²) >= 11 is 0. The quantitative estimate of drug-likeness (QED) is 0.0527. The van der Waals surface area contributed by atoms with Crippen LogP contribution in [0.1, 0.15) is 118 Å². The van der Waals surface area contributed by atoms with Crippen molar-refractivity contribution in [2.24, 2.45) is 0 Å². The summed E-state index contributed by atoms with van der Waals surface area (Å²) in [4.78, 5) is 132. The molecule has 0 saturated heterocycles. The first-order chi connectivity index (χ1) is 48.3. The summed E-state index contributed by atoms with van der Waals surface area (Å²) in [7, 11) is -2.67. The van der Waals surface area contributed by atoms with Crippen LogP contribution in [-0.4, -0.2) is 226 Å². The molecule has 546 valence electrons. The normalized spacial score (nSPS) is 14.1. The summed E-state index contributed by atoms with van der Waals surface area (Å²) in [5, 5.41) is 7.65. The van der Waals surface area contributed by atoms with Gasteiger partial charge in [-0.25, -0.2) is 40.2 Å². The second kappa shape index (κ2) is 34.2. The van der Waals surface area contributed by atoms with Crippen molar-refractivity contribution < 1.29 is 111 Å². The minimum absolute atomic E-state index is 0.0333. The van der Waals surface area contributed by atoms with Crippen molar-refractivity contribution in [3.63, 3.8) is 0 Å². The van der Waals surface area contributed by atoms with Crippen molar-refractivity contribution in [1.82, 2.24) is 29.7 Å². The maximum atomic E-state index is 13.4. The molecule has 6 aromatic rings. The standard InChI is InChI=1S/3C22H25N3O8S/c3*1-5-33-20-17(32-3)10-9-14(24-20)16(12-34(4,29)30)25-21(27)13-7-6-8-15(19(13)22(25)28)23-18(26)11-31-2/h3*6-10,16H,5,11-12H2,1-4H3,(H,23,26)/t2*16-;/m10./s1. The number of benzene rings is 3. The molecule has 9 amide bonds. The molecule has 3 aliphatic heterocycles. The van der Waals surface area contributed by atoms with Crippen LogP contribution in [0, 0.1) is 0 Å². The first-order valence-electron chi connectivity index (χ1n) is 30.8. The SMILES string of the molecule is CCOc1nc(C(CS(C)(=O)=O)N2C(=O)c3cccc(NC(=O)COC)c3C2=O)ccc1OC.CCOc1nc([C@@H](CS(C)(=O)=O)N2C(=O)c3cccc(NC(=O)COC)c3C2=O)ccc1OC.CCOc1nc([C@H](CS(C)(=O)=O)N2C(=O)c3cccc(NC(=O)COC)c3C2=O)ccc1OC.